The van der Waals surface area contributed by atoms with Crippen molar-refractivity contribution in [3.8, 4) is 6.07 Å². The van der Waals surface area contributed by atoms with Crippen molar-refractivity contribution in [1.29, 1.82) is 5.26 Å². The average molecular weight is 528 g/mol. The lowest BCUT2D eigenvalue weighted by Crippen LogP contribution is -2.50. The number of carbonyl (C=O) groups excluding carboxylic acids is 2. The molecule has 2 fully saturated rings. The zero-order chi connectivity index (χ0) is 27.7. The van der Waals surface area contributed by atoms with E-state index in [0.29, 0.717) is 47.6 Å². The van der Waals surface area contributed by atoms with Crippen molar-refractivity contribution in [2.45, 2.75) is 64.6 Å². The van der Waals surface area contributed by atoms with Gasteiger partial charge in [-0.1, -0.05) is 12.1 Å². The zero-order valence-corrected chi connectivity index (χ0v) is 22.4. The molecule has 39 heavy (non-hydrogen) atoms. The predicted molar refractivity (Wildman–Crippen MR) is 148 cm³/mol. The molecule has 2 aromatic carbocycles. The van der Waals surface area contributed by atoms with Gasteiger partial charge in [0.2, 0.25) is 5.91 Å². The minimum Gasteiger partial charge on any atom is -0.348 e. The van der Waals surface area contributed by atoms with Crippen molar-refractivity contribution < 1.29 is 9.59 Å². The van der Waals surface area contributed by atoms with Gasteiger partial charge in [-0.15, -0.1) is 0 Å². The van der Waals surface area contributed by atoms with E-state index in [4.69, 9.17) is 5.26 Å². The summed E-state index contributed by atoms with van der Waals surface area (Å²) in [6, 6.07) is 13.6. The largest absolute Gasteiger partial charge is 0.348 e. The average Bonchev–Trinajstić information content (AvgIpc) is 3.75. The van der Waals surface area contributed by atoms with Gasteiger partial charge in [-0.25, -0.2) is 4.79 Å². The third-order valence-electron chi connectivity index (χ3n) is 7.63. The quantitative estimate of drug-likeness (QED) is 0.507. The van der Waals surface area contributed by atoms with Crippen molar-refractivity contribution in [3.63, 3.8) is 0 Å². The van der Waals surface area contributed by atoms with Crippen molar-refractivity contribution in [1.82, 2.24) is 19.4 Å². The standard InChI is InChI=1S/C30H33N5O4/c1-19(2)35-26-12-11-23(15-25(26)29(38)34(30(35)39)17-22-9-10-22)28(37)32-24-4-3-13-33(18-24)27(36)14-20-5-7-21(16-31)8-6-20/h5-8,11-12,15,19,22,24H,3-4,9-10,13-14,17-18H2,1-2H3,(H,32,37). The fourth-order valence-corrected chi connectivity index (χ4v) is 5.32. The summed E-state index contributed by atoms with van der Waals surface area (Å²) in [4.78, 5) is 54.4. The SMILES string of the molecule is CC(C)n1c(=O)n(CC2CC2)c(=O)c2cc(C(=O)NC3CCCN(C(=O)Cc4ccc(C#N)cc4)C3)ccc21. The van der Waals surface area contributed by atoms with Crippen LogP contribution in [-0.2, 0) is 17.8 Å². The summed E-state index contributed by atoms with van der Waals surface area (Å²) in [6.45, 7) is 5.27. The van der Waals surface area contributed by atoms with Gasteiger partial charge in [0, 0.05) is 37.3 Å². The fraction of sp³-hybridized carbons (Fsp3) is 0.433. The van der Waals surface area contributed by atoms with Crippen LogP contribution in [0.15, 0.2) is 52.1 Å². The van der Waals surface area contributed by atoms with Crippen LogP contribution in [0.1, 0.15) is 67.1 Å². The van der Waals surface area contributed by atoms with Gasteiger partial charge in [-0.3, -0.25) is 23.5 Å². The van der Waals surface area contributed by atoms with Gasteiger partial charge in [0.1, 0.15) is 0 Å². The molecule has 1 N–H and O–H groups in total. The van der Waals surface area contributed by atoms with Gasteiger partial charge < -0.3 is 10.2 Å². The summed E-state index contributed by atoms with van der Waals surface area (Å²) in [6.07, 6.45) is 3.79. The number of nitrogens with zero attached hydrogens (tertiary/aromatic N) is 4. The van der Waals surface area contributed by atoms with Crippen LogP contribution in [0.5, 0.6) is 0 Å². The number of benzene rings is 2. The number of nitriles is 1. The molecule has 2 amide bonds. The minimum atomic E-state index is -0.356. The van der Waals surface area contributed by atoms with Crippen LogP contribution >= 0.6 is 0 Å². The zero-order valence-electron chi connectivity index (χ0n) is 22.4. The molecule has 1 unspecified atom stereocenters. The van der Waals surface area contributed by atoms with Crippen molar-refractivity contribution in [2.24, 2.45) is 5.92 Å². The van der Waals surface area contributed by atoms with E-state index in [-0.39, 0.29) is 41.6 Å². The maximum Gasteiger partial charge on any atom is 0.331 e. The first-order chi connectivity index (χ1) is 18.7. The molecule has 2 aliphatic rings. The Morgan fingerprint density at radius 3 is 2.49 bits per heavy atom. The number of fused-ring (bicyclic) bond motifs is 1. The Balaban J connectivity index is 1.32. The number of nitrogens with one attached hydrogen (secondary N) is 1. The third-order valence-corrected chi connectivity index (χ3v) is 7.63. The Bertz CT molecular complexity index is 1570. The maximum absolute atomic E-state index is 13.3. The van der Waals surface area contributed by atoms with E-state index in [1.165, 1.54) is 4.57 Å². The molecule has 1 saturated heterocycles. The van der Waals surface area contributed by atoms with Crippen LogP contribution in [0.2, 0.25) is 0 Å². The highest BCUT2D eigenvalue weighted by Crippen LogP contribution is 2.30. The minimum absolute atomic E-state index is 0.0211. The maximum atomic E-state index is 13.3. The van der Waals surface area contributed by atoms with Crippen molar-refractivity contribution in [2.75, 3.05) is 13.1 Å². The van der Waals surface area contributed by atoms with Crippen molar-refractivity contribution in [3.05, 3.63) is 80.0 Å². The molecule has 2 heterocycles. The van der Waals surface area contributed by atoms with Gasteiger partial charge in [0.15, 0.2) is 0 Å². The number of amides is 2. The number of carbonyl (C=O) groups is 2. The lowest BCUT2D eigenvalue weighted by molar-refractivity contribution is -0.131. The topological polar surface area (TPSA) is 117 Å². The Kier molecular flexibility index (Phi) is 7.38. The molecule has 9 nitrogen and oxygen atoms in total. The van der Waals surface area contributed by atoms with E-state index in [1.54, 1.807) is 51.9 Å². The van der Waals surface area contributed by atoms with Crippen LogP contribution in [0, 0.1) is 17.2 Å². The molecule has 1 aliphatic carbocycles. The molecule has 5 rings (SSSR count). The summed E-state index contributed by atoms with van der Waals surface area (Å²) in [5.41, 5.74) is 1.61. The molecule has 1 aromatic heterocycles. The first kappa shape index (κ1) is 26.4. The number of aromatic nitrogens is 2. The normalized spacial score (nSPS) is 17.3. The number of piperidine rings is 1. The molecular formula is C30H33N5O4. The van der Waals surface area contributed by atoms with Crippen LogP contribution in [-0.4, -0.2) is 45.0 Å². The molecule has 9 heteroatoms. The number of hydrogen-bond acceptors (Lipinski definition) is 5. The van der Waals surface area contributed by atoms with E-state index in [2.05, 4.69) is 11.4 Å². The highest BCUT2D eigenvalue weighted by molar-refractivity contribution is 5.98. The molecule has 1 aliphatic heterocycles. The van der Waals surface area contributed by atoms with Gasteiger partial charge in [-0.05, 0) is 81.3 Å². The molecule has 0 radical (unpaired) electrons. The van der Waals surface area contributed by atoms with Gasteiger partial charge in [0.05, 0.1) is 29.0 Å². The Labute approximate surface area is 226 Å². The molecule has 3 aromatic rings. The first-order valence-electron chi connectivity index (χ1n) is 13.6. The highest BCUT2D eigenvalue weighted by Gasteiger charge is 2.27. The Morgan fingerprint density at radius 1 is 1.08 bits per heavy atom. The van der Waals surface area contributed by atoms with Crippen molar-refractivity contribution >= 4 is 22.7 Å². The van der Waals surface area contributed by atoms with Gasteiger partial charge >= 0.3 is 5.69 Å². The summed E-state index contributed by atoms with van der Waals surface area (Å²) in [7, 11) is 0. The lowest BCUT2D eigenvalue weighted by Gasteiger charge is -2.33. The Morgan fingerprint density at radius 2 is 1.82 bits per heavy atom. The molecule has 1 atom stereocenters. The third kappa shape index (κ3) is 5.65. The summed E-state index contributed by atoms with van der Waals surface area (Å²) in [5, 5.41) is 12.4. The van der Waals surface area contributed by atoms with E-state index in [9.17, 15) is 19.2 Å². The number of likely N-dealkylation sites (tertiary alicyclic amines) is 1. The van der Waals surface area contributed by atoms with E-state index in [1.807, 2.05) is 13.8 Å². The fourth-order valence-electron chi connectivity index (χ4n) is 5.32. The van der Waals surface area contributed by atoms with Gasteiger partial charge in [0.25, 0.3) is 11.5 Å². The number of rotatable bonds is 7. The van der Waals surface area contributed by atoms with Crippen LogP contribution in [0.4, 0.5) is 0 Å². The second kappa shape index (κ2) is 10.9. The summed E-state index contributed by atoms with van der Waals surface area (Å²) < 4.78 is 2.94. The summed E-state index contributed by atoms with van der Waals surface area (Å²) in [5.74, 6) is 0.0276. The molecular weight excluding hydrogens is 494 g/mol. The summed E-state index contributed by atoms with van der Waals surface area (Å²) >= 11 is 0. The monoisotopic (exact) mass is 527 g/mol. The lowest BCUT2D eigenvalue weighted by atomic mass is 10.0. The highest BCUT2D eigenvalue weighted by atomic mass is 16.2. The first-order valence-corrected chi connectivity index (χ1v) is 13.6. The molecule has 202 valence electrons. The second-order valence-corrected chi connectivity index (χ2v) is 11.0. The molecule has 0 spiro atoms. The number of hydrogen-bond donors (Lipinski definition) is 1. The van der Waals surface area contributed by atoms with Crippen LogP contribution < -0.4 is 16.6 Å². The molecule has 0 bridgehead atoms. The van der Waals surface area contributed by atoms with Crippen LogP contribution in [0.3, 0.4) is 0 Å². The Hall–Kier alpha value is -4.19. The van der Waals surface area contributed by atoms with E-state index >= 15 is 0 Å². The second-order valence-electron chi connectivity index (χ2n) is 11.0. The predicted octanol–water partition coefficient (Wildman–Crippen LogP) is 2.99. The smallest absolute Gasteiger partial charge is 0.331 e. The molecule has 1 saturated carbocycles. The van der Waals surface area contributed by atoms with E-state index in [0.717, 1.165) is 31.2 Å². The van der Waals surface area contributed by atoms with Gasteiger partial charge in [-0.2, -0.15) is 5.26 Å². The van der Waals surface area contributed by atoms with E-state index < -0.39 is 0 Å². The van der Waals surface area contributed by atoms with Crippen LogP contribution in [0.25, 0.3) is 10.9 Å².